The van der Waals surface area contributed by atoms with Gasteiger partial charge in [0.05, 0.1) is 5.69 Å². The average Bonchev–Trinajstić information content (AvgIpc) is 3.09. The third-order valence-electron chi connectivity index (χ3n) is 2.87. The Morgan fingerprint density at radius 2 is 1.90 bits per heavy atom. The lowest BCUT2D eigenvalue weighted by molar-refractivity contribution is 0.546. The molecule has 21 heavy (non-hydrogen) atoms. The Labute approximate surface area is 132 Å². The van der Waals surface area contributed by atoms with Crippen LogP contribution in [0.1, 0.15) is 26.6 Å². The van der Waals surface area contributed by atoms with E-state index < -0.39 is 0 Å². The number of aromatic nitrogens is 4. The normalized spacial score (nSPS) is 11.8. The van der Waals surface area contributed by atoms with Crippen molar-refractivity contribution in [3.63, 3.8) is 0 Å². The van der Waals surface area contributed by atoms with Crippen molar-refractivity contribution in [2.24, 2.45) is 0 Å². The summed E-state index contributed by atoms with van der Waals surface area (Å²) in [6, 6.07) is 10.2. The minimum atomic E-state index is -0.0378. The Balaban J connectivity index is 1.77. The first-order valence-electron chi connectivity index (χ1n) is 6.64. The number of rotatable bonds is 3. The van der Waals surface area contributed by atoms with Gasteiger partial charge < -0.3 is 0 Å². The lowest BCUT2D eigenvalue weighted by Gasteiger charge is -2.12. The second-order valence-corrected chi connectivity index (χ2v) is 7.74. The van der Waals surface area contributed by atoms with E-state index in [1.807, 2.05) is 18.2 Å². The minimum Gasteiger partial charge on any atom is -0.228 e. The molecule has 2 heterocycles. The number of nitrogens with zero attached hydrogens (tertiary/aromatic N) is 4. The molecule has 0 unspecified atom stereocenters. The summed E-state index contributed by atoms with van der Waals surface area (Å²) in [6.07, 6.45) is 1.74. The molecule has 0 saturated heterocycles. The maximum Gasteiger partial charge on any atom is 0.173 e. The molecule has 0 aliphatic rings. The zero-order valence-electron chi connectivity index (χ0n) is 12.1. The van der Waals surface area contributed by atoms with Crippen molar-refractivity contribution in [2.75, 3.05) is 0 Å². The van der Waals surface area contributed by atoms with Crippen LogP contribution < -0.4 is 0 Å². The van der Waals surface area contributed by atoms with E-state index in [9.17, 15) is 0 Å². The van der Waals surface area contributed by atoms with Crippen LogP contribution in [0.25, 0.3) is 11.3 Å². The predicted octanol–water partition coefficient (Wildman–Crippen LogP) is 4.25. The van der Waals surface area contributed by atoms with Crippen LogP contribution in [0.15, 0.2) is 46.4 Å². The van der Waals surface area contributed by atoms with Gasteiger partial charge in [-0.2, -0.15) is 4.09 Å². The fourth-order valence-electron chi connectivity index (χ4n) is 1.76. The third kappa shape index (κ3) is 3.33. The van der Waals surface area contributed by atoms with Crippen LogP contribution >= 0.6 is 23.3 Å². The van der Waals surface area contributed by atoms with Gasteiger partial charge in [-0.3, -0.25) is 0 Å². The van der Waals surface area contributed by atoms with Crippen molar-refractivity contribution in [3.8, 4) is 11.3 Å². The Hall–Kier alpha value is -1.66. The summed E-state index contributed by atoms with van der Waals surface area (Å²) < 4.78 is 2.73. The molecule has 0 radical (unpaired) electrons. The Kier molecular flexibility index (Phi) is 3.82. The Morgan fingerprint density at radius 3 is 2.57 bits per heavy atom. The van der Waals surface area contributed by atoms with Gasteiger partial charge in [-0.15, -0.1) is 16.4 Å². The van der Waals surface area contributed by atoms with Gasteiger partial charge in [-0.25, -0.2) is 9.97 Å². The maximum atomic E-state index is 4.64. The van der Waals surface area contributed by atoms with E-state index in [1.54, 1.807) is 21.8 Å². The molecule has 3 aromatic rings. The van der Waals surface area contributed by atoms with Crippen LogP contribution in [0.5, 0.6) is 0 Å². The maximum absolute atomic E-state index is 4.64. The highest BCUT2D eigenvalue weighted by molar-refractivity contribution is 7.99. The van der Waals surface area contributed by atoms with Gasteiger partial charge >= 0.3 is 0 Å². The zero-order valence-corrected chi connectivity index (χ0v) is 13.8. The Bertz CT molecular complexity index is 725. The van der Waals surface area contributed by atoms with Gasteiger partial charge in [0.25, 0.3) is 0 Å². The average molecular weight is 316 g/mol. The summed E-state index contributed by atoms with van der Waals surface area (Å²) in [5.74, 6) is 0.842. The highest BCUT2D eigenvalue weighted by Gasteiger charge is 2.19. The van der Waals surface area contributed by atoms with Crippen LogP contribution in [0.2, 0.25) is 0 Å². The minimum absolute atomic E-state index is 0.0378. The van der Waals surface area contributed by atoms with Crippen molar-refractivity contribution in [1.82, 2.24) is 19.2 Å². The van der Waals surface area contributed by atoms with Crippen molar-refractivity contribution >= 4 is 23.3 Å². The van der Waals surface area contributed by atoms with Crippen molar-refractivity contribution in [3.05, 3.63) is 47.9 Å². The van der Waals surface area contributed by atoms with Gasteiger partial charge in [-0.05, 0) is 0 Å². The fourth-order valence-corrected chi connectivity index (χ4v) is 3.37. The molecule has 0 atom stereocenters. The molecule has 0 aliphatic carbocycles. The smallest absolute Gasteiger partial charge is 0.173 e. The molecule has 0 N–H and O–H groups in total. The molecule has 0 bridgehead atoms. The molecule has 3 rings (SSSR count). The summed E-state index contributed by atoms with van der Waals surface area (Å²) in [4.78, 5) is 9.00. The van der Waals surface area contributed by atoms with Gasteiger partial charge in [0.2, 0.25) is 0 Å². The summed E-state index contributed by atoms with van der Waals surface area (Å²) in [5.41, 5.74) is 2.10. The number of hydrogen-bond acceptors (Lipinski definition) is 5. The molecular formula is C15H16N4S2. The summed E-state index contributed by atoms with van der Waals surface area (Å²) in [6.45, 7) is 6.32. The third-order valence-corrected chi connectivity index (χ3v) is 4.62. The quantitative estimate of drug-likeness (QED) is 0.724. The molecule has 0 aliphatic heterocycles. The van der Waals surface area contributed by atoms with Crippen molar-refractivity contribution in [2.45, 2.75) is 30.5 Å². The lowest BCUT2D eigenvalue weighted by Crippen LogP contribution is -2.13. The van der Waals surface area contributed by atoms with E-state index in [4.69, 9.17) is 0 Å². The zero-order chi connectivity index (χ0) is 14.9. The van der Waals surface area contributed by atoms with E-state index in [1.165, 1.54) is 11.9 Å². The second-order valence-electron chi connectivity index (χ2n) is 5.68. The standard InChI is InChI=1S/C15H16N4S2/c1-15(2,3)13-16-10-19(18-13)21-14-17-12(9-20-14)11-7-5-4-6-8-11/h4-10H,1-3H3. The fraction of sp³-hybridized carbons (Fsp3) is 0.267. The number of benzene rings is 1. The van der Waals surface area contributed by atoms with Crippen LogP contribution in [0.3, 0.4) is 0 Å². The molecule has 4 nitrogen and oxygen atoms in total. The lowest BCUT2D eigenvalue weighted by atomic mass is 9.96. The van der Waals surface area contributed by atoms with E-state index in [2.05, 4.69) is 53.4 Å². The van der Waals surface area contributed by atoms with E-state index in [-0.39, 0.29) is 5.41 Å². The summed E-state index contributed by atoms with van der Waals surface area (Å²) >= 11 is 3.11. The van der Waals surface area contributed by atoms with Crippen LogP contribution in [-0.2, 0) is 5.41 Å². The first-order chi connectivity index (χ1) is 10.0. The largest absolute Gasteiger partial charge is 0.228 e. The van der Waals surface area contributed by atoms with Crippen LogP contribution in [0, 0.1) is 0 Å². The topological polar surface area (TPSA) is 43.6 Å². The molecule has 0 fully saturated rings. The van der Waals surface area contributed by atoms with Gasteiger partial charge in [0.1, 0.15) is 6.33 Å². The highest BCUT2D eigenvalue weighted by atomic mass is 32.2. The first-order valence-corrected chi connectivity index (χ1v) is 8.29. The SMILES string of the molecule is CC(C)(C)c1ncn(Sc2nc(-c3ccccc3)cs2)n1. The molecule has 0 spiro atoms. The molecule has 1 aromatic carbocycles. The second kappa shape index (κ2) is 5.61. The van der Waals surface area contributed by atoms with Gasteiger partial charge in [-0.1, -0.05) is 51.1 Å². The van der Waals surface area contributed by atoms with Crippen molar-refractivity contribution in [1.29, 1.82) is 0 Å². The molecule has 2 aromatic heterocycles. The summed E-state index contributed by atoms with van der Waals surface area (Å²) in [7, 11) is 0. The molecule has 6 heteroatoms. The highest BCUT2D eigenvalue weighted by Crippen LogP contribution is 2.29. The van der Waals surface area contributed by atoms with Gasteiger partial charge in [0.15, 0.2) is 10.2 Å². The molecule has 0 saturated carbocycles. The van der Waals surface area contributed by atoms with E-state index in [0.717, 1.165) is 21.4 Å². The summed E-state index contributed by atoms with van der Waals surface area (Å²) in [5, 5.41) is 6.56. The van der Waals surface area contributed by atoms with Crippen molar-refractivity contribution < 1.29 is 0 Å². The van der Waals surface area contributed by atoms with E-state index >= 15 is 0 Å². The molecule has 108 valence electrons. The van der Waals surface area contributed by atoms with Crippen LogP contribution in [0.4, 0.5) is 0 Å². The monoisotopic (exact) mass is 316 g/mol. The van der Waals surface area contributed by atoms with Crippen LogP contribution in [-0.4, -0.2) is 19.2 Å². The number of hydrogen-bond donors (Lipinski definition) is 0. The first kappa shape index (κ1) is 14.3. The predicted molar refractivity (Wildman–Crippen MR) is 87.5 cm³/mol. The molecule has 0 amide bonds. The Morgan fingerprint density at radius 1 is 1.14 bits per heavy atom. The van der Waals surface area contributed by atoms with E-state index in [0.29, 0.717) is 0 Å². The van der Waals surface area contributed by atoms with Gasteiger partial charge in [0, 0.05) is 28.3 Å². The molecular weight excluding hydrogens is 300 g/mol. The number of thiazole rings is 1.